The number of ether oxygens (including phenoxy) is 1. The fourth-order valence-electron chi connectivity index (χ4n) is 2.16. The molecule has 4 heteroatoms. The van der Waals surface area contributed by atoms with Gasteiger partial charge in [-0.15, -0.1) is 0 Å². The second kappa shape index (κ2) is 6.37. The van der Waals surface area contributed by atoms with Gasteiger partial charge in [0.25, 0.3) is 0 Å². The van der Waals surface area contributed by atoms with Crippen LogP contribution in [0.1, 0.15) is 22.7 Å². The van der Waals surface area contributed by atoms with Crippen molar-refractivity contribution in [3.8, 4) is 5.75 Å². The summed E-state index contributed by atoms with van der Waals surface area (Å²) < 4.78 is 19.6. The predicted molar refractivity (Wildman–Crippen MR) is 82.5 cm³/mol. The van der Waals surface area contributed by atoms with Crippen molar-refractivity contribution in [1.29, 1.82) is 0 Å². The first-order valence-electron chi connectivity index (χ1n) is 6.35. The molecule has 106 valence electrons. The van der Waals surface area contributed by atoms with E-state index in [1.165, 1.54) is 12.1 Å². The molecule has 0 spiro atoms. The number of hydrogen-bond donors (Lipinski definition) is 1. The second-order valence-corrected chi connectivity index (χ2v) is 5.64. The number of benzene rings is 2. The Bertz CT molecular complexity index is 615. The lowest BCUT2D eigenvalue weighted by molar-refractivity contribution is 0.405. The van der Waals surface area contributed by atoms with Gasteiger partial charge in [-0.05, 0) is 48.7 Å². The van der Waals surface area contributed by atoms with Gasteiger partial charge in [0.05, 0.1) is 7.11 Å². The molecule has 0 aromatic heterocycles. The number of nitrogens with two attached hydrogens (primary N) is 1. The van der Waals surface area contributed by atoms with Crippen LogP contribution >= 0.6 is 15.9 Å². The molecule has 0 aliphatic carbocycles. The van der Waals surface area contributed by atoms with Gasteiger partial charge in [0.2, 0.25) is 0 Å². The number of methoxy groups -OCH3 is 1. The molecule has 0 radical (unpaired) electrons. The van der Waals surface area contributed by atoms with E-state index >= 15 is 0 Å². The molecule has 0 heterocycles. The summed E-state index contributed by atoms with van der Waals surface area (Å²) in [7, 11) is 1.63. The van der Waals surface area contributed by atoms with Crippen LogP contribution in [0.4, 0.5) is 4.39 Å². The Morgan fingerprint density at radius 1 is 1.30 bits per heavy atom. The molecular formula is C16H17BrFNO. The van der Waals surface area contributed by atoms with Crippen molar-refractivity contribution in [1.82, 2.24) is 0 Å². The van der Waals surface area contributed by atoms with E-state index in [4.69, 9.17) is 10.5 Å². The molecule has 0 saturated carbocycles. The highest BCUT2D eigenvalue weighted by atomic mass is 79.9. The first-order chi connectivity index (χ1) is 9.51. The van der Waals surface area contributed by atoms with Crippen LogP contribution in [0.15, 0.2) is 40.9 Å². The first kappa shape index (κ1) is 15.0. The van der Waals surface area contributed by atoms with E-state index in [0.717, 1.165) is 26.9 Å². The molecule has 0 fully saturated rings. The van der Waals surface area contributed by atoms with Gasteiger partial charge in [-0.1, -0.05) is 28.1 Å². The van der Waals surface area contributed by atoms with Crippen molar-refractivity contribution < 1.29 is 9.13 Å². The van der Waals surface area contributed by atoms with Crippen LogP contribution in [-0.4, -0.2) is 7.11 Å². The molecule has 2 N–H and O–H groups in total. The summed E-state index contributed by atoms with van der Waals surface area (Å²) in [6.07, 6.45) is 0.559. The molecule has 1 atom stereocenters. The van der Waals surface area contributed by atoms with E-state index in [0.29, 0.717) is 6.42 Å². The minimum absolute atomic E-state index is 0.244. The van der Waals surface area contributed by atoms with E-state index in [1.807, 2.05) is 25.1 Å². The number of aryl methyl sites for hydroxylation is 1. The average molecular weight is 338 g/mol. The number of halogens is 2. The third kappa shape index (κ3) is 3.38. The quantitative estimate of drug-likeness (QED) is 0.909. The number of rotatable bonds is 4. The molecule has 1 unspecified atom stereocenters. The minimum Gasteiger partial charge on any atom is -0.496 e. The maximum absolute atomic E-state index is 13.2. The zero-order valence-corrected chi connectivity index (χ0v) is 13.1. The maximum Gasteiger partial charge on any atom is 0.123 e. The Balaban J connectivity index is 2.29. The SMILES string of the molecule is COc1cc(C)c(Br)cc1C(N)Cc1cccc(F)c1. The van der Waals surface area contributed by atoms with Crippen LogP contribution in [0.3, 0.4) is 0 Å². The Hall–Kier alpha value is -1.39. The van der Waals surface area contributed by atoms with Crippen molar-refractivity contribution >= 4 is 15.9 Å². The zero-order valence-electron chi connectivity index (χ0n) is 11.5. The Kier molecular flexibility index (Phi) is 4.78. The van der Waals surface area contributed by atoms with Gasteiger partial charge in [-0.25, -0.2) is 4.39 Å². The smallest absolute Gasteiger partial charge is 0.123 e. The van der Waals surface area contributed by atoms with E-state index in [9.17, 15) is 4.39 Å². The van der Waals surface area contributed by atoms with E-state index in [-0.39, 0.29) is 11.9 Å². The lowest BCUT2D eigenvalue weighted by Crippen LogP contribution is -2.15. The highest BCUT2D eigenvalue weighted by molar-refractivity contribution is 9.10. The highest BCUT2D eigenvalue weighted by Crippen LogP contribution is 2.31. The van der Waals surface area contributed by atoms with Crippen LogP contribution in [0, 0.1) is 12.7 Å². The van der Waals surface area contributed by atoms with Crippen LogP contribution in [0.5, 0.6) is 5.75 Å². The van der Waals surface area contributed by atoms with Gasteiger partial charge < -0.3 is 10.5 Å². The summed E-state index contributed by atoms with van der Waals surface area (Å²) in [5, 5.41) is 0. The Morgan fingerprint density at radius 3 is 2.70 bits per heavy atom. The molecular weight excluding hydrogens is 321 g/mol. The van der Waals surface area contributed by atoms with Gasteiger partial charge in [0, 0.05) is 16.1 Å². The zero-order chi connectivity index (χ0) is 14.7. The molecule has 2 rings (SSSR count). The van der Waals surface area contributed by atoms with Crippen LogP contribution in [0.25, 0.3) is 0 Å². The lowest BCUT2D eigenvalue weighted by Gasteiger charge is -2.17. The highest BCUT2D eigenvalue weighted by Gasteiger charge is 2.15. The summed E-state index contributed by atoms with van der Waals surface area (Å²) in [5.41, 5.74) is 9.12. The molecule has 2 aromatic carbocycles. The van der Waals surface area contributed by atoms with Crippen LogP contribution < -0.4 is 10.5 Å². The fraction of sp³-hybridized carbons (Fsp3) is 0.250. The fourth-order valence-corrected chi connectivity index (χ4v) is 2.53. The first-order valence-corrected chi connectivity index (χ1v) is 7.14. The van der Waals surface area contributed by atoms with Gasteiger partial charge >= 0.3 is 0 Å². The summed E-state index contributed by atoms with van der Waals surface area (Å²) >= 11 is 3.50. The number of hydrogen-bond acceptors (Lipinski definition) is 2. The van der Waals surface area contributed by atoms with Gasteiger partial charge in [-0.3, -0.25) is 0 Å². The van der Waals surface area contributed by atoms with Crippen LogP contribution in [-0.2, 0) is 6.42 Å². The average Bonchev–Trinajstić information content (AvgIpc) is 2.41. The summed E-state index contributed by atoms with van der Waals surface area (Å²) in [6, 6.07) is 10.2. The van der Waals surface area contributed by atoms with Crippen molar-refractivity contribution in [2.75, 3.05) is 7.11 Å². The third-order valence-electron chi connectivity index (χ3n) is 3.26. The molecule has 2 aromatic rings. The van der Waals surface area contributed by atoms with E-state index in [1.54, 1.807) is 13.2 Å². The Morgan fingerprint density at radius 2 is 2.05 bits per heavy atom. The van der Waals surface area contributed by atoms with E-state index in [2.05, 4.69) is 15.9 Å². The Labute approximate surface area is 126 Å². The van der Waals surface area contributed by atoms with Crippen molar-refractivity contribution in [3.63, 3.8) is 0 Å². The molecule has 0 saturated heterocycles. The minimum atomic E-state index is -0.247. The second-order valence-electron chi connectivity index (χ2n) is 4.78. The lowest BCUT2D eigenvalue weighted by atomic mass is 9.98. The summed E-state index contributed by atoms with van der Waals surface area (Å²) in [5.74, 6) is 0.515. The molecule has 0 bridgehead atoms. The molecule has 20 heavy (non-hydrogen) atoms. The van der Waals surface area contributed by atoms with Crippen molar-refractivity contribution in [3.05, 3.63) is 63.4 Å². The largest absolute Gasteiger partial charge is 0.496 e. The summed E-state index contributed by atoms with van der Waals surface area (Å²) in [6.45, 7) is 1.99. The van der Waals surface area contributed by atoms with Crippen molar-refractivity contribution in [2.45, 2.75) is 19.4 Å². The van der Waals surface area contributed by atoms with Crippen molar-refractivity contribution in [2.24, 2.45) is 5.73 Å². The van der Waals surface area contributed by atoms with Crippen LogP contribution in [0.2, 0.25) is 0 Å². The topological polar surface area (TPSA) is 35.2 Å². The monoisotopic (exact) mass is 337 g/mol. The van der Waals surface area contributed by atoms with Gasteiger partial charge in [-0.2, -0.15) is 0 Å². The third-order valence-corrected chi connectivity index (χ3v) is 4.11. The predicted octanol–water partition coefficient (Wildman–Crippen LogP) is 4.15. The van der Waals surface area contributed by atoms with E-state index < -0.39 is 0 Å². The summed E-state index contributed by atoms with van der Waals surface area (Å²) in [4.78, 5) is 0. The van der Waals surface area contributed by atoms with Gasteiger partial charge in [0.1, 0.15) is 11.6 Å². The van der Waals surface area contributed by atoms with Gasteiger partial charge in [0.15, 0.2) is 0 Å². The molecule has 0 aliphatic rings. The normalized spacial score (nSPS) is 12.2. The maximum atomic E-state index is 13.2. The standard InChI is InChI=1S/C16H17BrFNO/c1-10-6-16(20-2)13(9-14(10)17)15(19)8-11-4-3-5-12(18)7-11/h3-7,9,15H,8,19H2,1-2H3. The molecule has 0 aliphatic heterocycles. The molecule has 0 amide bonds. The molecule has 2 nitrogen and oxygen atoms in total.